The number of alkyl halides is 3. The van der Waals surface area contributed by atoms with E-state index in [0.717, 1.165) is 29.3 Å². The number of pyridine rings is 1. The van der Waals surface area contributed by atoms with Crippen LogP contribution in [0.25, 0.3) is 11.1 Å². The maximum absolute atomic E-state index is 13.6. The number of halogens is 3. The molecule has 5 rings (SSSR count). The van der Waals surface area contributed by atoms with Crippen molar-refractivity contribution < 1.29 is 17.9 Å². The minimum atomic E-state index is -4.43. The van der Waals surface area contributed by atoms with Crippen LogP contribution in [0, 0.1) is 6.92 Å². The van der Waals surface area contributed by atoms with Gasteiger partial charge in [0.05, 0.1) is 18.7 Å². The molecule has 0 bridgehead atoms. The average molecular weight is 480 g/mol. The van der Waals surface area contributed by atoms with Gasteiger partial charge >= 0.3 is 6.18 Å². The molecule has 1 N–H and O–H groups in total. The molecule has 6 nitrogen and oxygen atoms in total. The molecule has 3 heterocycles. The third-order valence-corrected chi connectivity index (χ3v) is 6.17. The van der Waals surface area contributed by atoms with Crippen molar-refractivity contribution in [3.05, 3.63) is 83.4 Å². The highest BCUT2D eigenvalue weighted by molar-refractivity contribution is 5.74. The van der Waals surface area contributed by atoms with E-state index in [9.17, 15) is 13.2 Å². The number of anilines is 2. The molecule has 2 aromatic heterocycles. The molecule has 0 saturated carbocycles. The lowest BCUT2D eigenvalue weighted by molar-refractivity contribution is -0.138. The Kier molecular flexibility index (Phi) is 5.92. The second-order valence-electron chi connectivity index (χ2n) is 8.52. The number of aromatic nitrogens is 4. The van der Waals surface area contributed by atoms with Crippen LogP contribution in [-0.2, 0) is 12.6 Å². The standard InChI is InChI=1S/C26H24F3N5O/c1-16-14-17(12-13-30-16)19-11-10-18(15-23(19)35-2)31-25-32-24-9-5-8-22(34(24)33-25)20-6-3-4-7-21(20)26(27,28)29/h3-4,6-7,10-15,22H,5,8-9H2,1-2H3,(H,31,33). The van der Waals surface area contributed by atoms with Crippen LogP contribution in [0.5, 0.6) is 5.75 Å². The number of nitrogens with zero attached hydrogens (tertiary/aromatic N) is 4. The fourth-order valence-electron chi connectivity index (χ4n) is 4.59. The summed E-state index contributed by atoms with van der Waals surface area (Å²) in [6.07, 6.45) is -0.715. The summed E-state index contributed by atoms with van der Waals surface area (Å²) in [6.45, 7) is 1.93. The van der Waals surface area contributed by atoms with Crippen LogP contribution in [-0.4, -0.2) is 26.9 Å². The van der Waals surface area contributed by atoms with Crippen LogP contribution in [0.1, 0.15) is 41.5 Å². The van der Waals surface area contributed by atoms with Crippen molar-refractivity contribution in [3.63, 3.8) is 0 Å². The third-order valence-electron chi connectivity index (χ3n) is 6.17. The number of aryl methyl sites for hydroxylation is 2. The number of methoxy groups -OCH3 is 1. The number of hydrogen-bond donors (Lipinski definition) is 1. The van der Waals surface area contributed by atoms with Gasteiger partial charge in [-0.05, 0) is 61.2 Å². The number of ether oxygens (including phenoxy) is 1. The Morgan fingerprint density at radius 1 is 1.09 bits per heavy atom. The first-order valence-electron chi connectivity index (χ1n) is 11.3. The summed E-state index contributed by atoms with van der Waals surface area (Å²) in [6, 6.07) is 14.8. The molecule has 0 aliphatic carbocycles. The molecular formula is C26H24F3N5O. The zero-order chi connectivity index (χ0) is 24.6. The molecule has 1 atom stereocenters. The molecule has 0 amide bonds. The van der Waals surface area contributed by atoms with E-state index in [-0.39, 0.29) is 5.56 Å². The van der Waals surface area contributed by atoms with Crippen molar-refractivity contribution in [1.82, 2.24) is 19.7 Å². The summed E-state index contributed by atoms with van der Waals surface area (Å²) >= 11 is 0. The zero-order valence-corrected chi connectivity index (χ0v) is 19.3. The van der Waals surface area contributed by atoms with Crippen molar-refractivity contribution in [2.75, 3.05) is 12.4 Å². The maximum atomic E-state index is 13.6. The molecule has 1 aliphatic rings. The van der Waals surface area contributed by atoms with Gasteiger partial charge in [-0.15, -0.1) is 5.10 Å². The first-order chi connectivity index (χ1) is 16.8. The van der Waals surface area contributed by atoms with Crippen molar-refractivity contribution >= 4 is 11.6 Å². The normalized spacial score (nSPS) is 15.5. The maximum Gasteiger partial charge on any atom is 0.416 e. The lowest BCUT2D eigenvalue weighted by atomic mass is 9.93. The van der Waals surface area contributed by atoms with Crippen LogP contribution in [0.15, 0.2) is 60.8 Å². The molecule has 0 saturated heterocycles. The number of nitrogens with one attached hydrogen (secondary N) is 1. The van der Waals surface area contributed by atoms with Crippen molar-refractivity contribution in [3.8, 4) is 16.9 Å². The summed E-state index contributed by atoms with van der Waals surface area (Å²) in [5.74, 6) is 1.67. The Bertz CT molecular complexity index is 1370. The van der Waals surface area contributed by atoms with E-state index < -0.39 is 17.8 Å². The Morgan fingerprint density at radius 3 is 2.69 bits per heavy atom. The molecule has 180 valence electrons. The van der Waals surface area contributed by atoms with Crippen LogP contribution >= 0.6 is 0 Å². The second kappa shape index (κ2) is 9.05. The second-order valence-corrected chi connectivity index (χ2v) is 8.52. The molecule has 35 heavy (non-hydrogen) atoms. The molecule has 2 aromatic carbocycles. The highest BCUT2D eigenvalue weighted by Crippen LogP contribution is 2.39. The molecule has 1 unspecified atom stereocenters. The number of rotatable bonds is 5. The Balaban J connectivity index is 1.45. The number of hydrogen-bond acceptors (Lipinski definition) is 5. The first kappa shape index (κ1) is 22.9. The van der Waals surface area contributed by atoms with Gasteiger partial charge in [0, 0.05) is 35.6 Å². The predicted octanol–water partition coefficient (Wildman–Crippen LogP) is 6.35. The average Bonchev–Trinajstić information content (AvgIpc) is 3.26. The third kappa shape index (κ3) is 4.58. The Morgan fingerprint density at radius 2 is 1.91 bits per heavy atom. The van der Waals surface area contributed by atoms with Gasteiger partial charge in [-0.1, -0.05) is 18.2 Å². The highest BCUT2D eigenvalue weighted by atomic mass is 19.4. The molecule has 1 aliphatic heterocycles. The van der Waals surface area contributed by atoms with E-state index in [1.807, 2.05) is 37.3 Å². The Labute approximate surface area is 200 Å². The van der Waals surface area contributed by atoms with Gasteiger partial charge in [0.2, 0.25) is 5.95 Å². The highest BCUT2D eigenvalue weighted by Gasteiger charge is 2.37. The van der Waals surface area contributed by atoms with Gasteiger partial charge in [0.25, 0.3) is 0 Å². The largest absolute Gasteiger partial charge is 0.496 e. The lowest BCUT2D eigenvalue weighted by Crippen LogP contribution is -2.23. The van der Waals surface area contributed by atoms with E-state index in [1.165, 1.54) is 12.1 Å². The van der Waals surface area contributed by atoms with E-state index >= 15 is 0 Å². The predicted molar refractivity (Wildman–Crippen MR) is 127 cm³/mol. The summed E-state index contributed by atoms with van der Waals surface area (Å²) in [5, 5.41) is 7.74. The quantitative estimate of drug-likeness (QED) is 0.362. The first-order valence-corrected chi connectivity index (χ1v) is 11.3. The summed E-state index contributed by atoms with van der Waals surface area (Å²) in [5.41, 5.74) is 3.12. The molecule has 0 spiro atoms. The molecule has 4 aromatic rings. The van der Waals surface area contributed by atoms with Crippen LogP contribution in [0.4, 0.5) is 24.8 Å². The monoisotopic (exact) mass is 479 g/mol. The Hall–Kier alpha value is -3.88. The number of benzene rings is 2. The van der Waals surface area contributed by atoms with Gasteiger partial charge in [-0.3, -0.25) is 4.98 Å². The van der Waals surface area contributed by atoms with Gasteiger partial charge in [-0.25, -0.2) is 4.68 Å². The minimum absolute atomic E-state index is 0.219. The smallest absolute Gasteiger partial charge is 0.416 e. The SMILES string of the molecule is COc1cc(Nc2nc3n(n2)C(c2ccccc2C(F)(F)F)CCC3)ccc1-c1ccnc(C)c1. The fourth-order valence-corrected chi connectivity index (χ4v) is 4.59. The summed E-state index contributed by atoms with van der Waals surface area (Å²) in [7, 11) is 1.60. The van der Waals surface area contributed by atoms with Crippen LogP contribution in [0.2, 0.25) is 0 Å². The summed E-state index contributed by atoms with van der Waals surface area (Å²) < 4.78 is 48.2. The molecule has 9 heteroatoms. The number of fused-ring (bicyclic) bond motifs is 1. The molecule has 0 radical (unpaired) electrons. The lowest BCUT2D eigenvalue weighted by Gasteiger charge is -2.26. The van der Waals surface area contributed by atoms with Crippen molar-refractivity contribution in [2.45, 2.75) is 38.4 Å². The van der Waals surface area contributed by atoms with Gasteiger partial charge in [-0.2, -0.15) is 18.2 Å². The molecule has 0 fully saturated rings. The fraction of sp³-hybridized carbons (Fsp3) is 0.269. The minimum Gasteiger partial charge on any atom is -0.496 e. The van der Waals surface area contributed by atoms with E-state index in [0.29, 0.717) is 36.1 Å². The van der Waals surface area contributed by atoms with Crippen molar-refractivity contribution in [1.29, 1.82) is 0 Å². The molecular weight excluding hydrogens is 455 g/mol. The van der Waals surface area contributed by atoms with Gasteiger partial charge in [0.15, 0.2) is 0 Å². The van der Waals surface area contributed by atoms with Crippen LogP contribution in [0.3, 0.4) is 0 Å². The topological polar surface area (TPSA) is 64.9 Å². The van der Waals surface area contributed by atoms with E-state index in [1.54, 1.807) is 24.1 Å². The van der Waals surface area contributed by atoms with E-state index in [2.05, 4.69) is 20.4 Å². The van der Waals surface area contributed by atoms with Gasteiger partial charge < -0.3 is 10.1 Å². The zero-order valence-electron chi connectivity index (χ0n) is 19.3. The van der Waals surface area contributed by atoms with E-state index in [4.69, 9.17) is 4.74 Å². The van der Waals surface area contributed by atoms with Crippen LogP contribution < -0.4 is 10.1 Å². The van der Waals surface area contributed by atoms with Crippen molar-refractivity contribution in [2.24, 2.45) is 0 Å². The van der Waals surface area contributed by atoms with Gasteiger partial charge in [0.1, 0.15) is 11.6 Å². The summed E-state index contributed by atoms with van der Waals surface area (Å²) in [4.78, 5) is 8.81.